The number of para-hydroxylation sites is 1. The Morgan fingerprint density at radius 3 is 2.38 bits per heavy atom. The lowest BCUT2D eigenvalue weighted by Gasteiger charge is -2.16. The average molecular weight is 430 g/mol. The number of rotatable bonds is 6. The summed E-state index contributed by atoms with van der Waals surface area (Å²) in [7, 11) is 0. The summed E-state index contributed by atoms with van der Waals surface area (Å²) < 4.78 is 2.87. The quantitative estimate of drug-likeness (QED) is 0.504. The van der Waals surface area contributed by atoms with Gasteiger partial charge in [0.1, 0.15) is 12.1 Å². The van der Waals surface area contributed by atoms with Crippen LogP contribution in [0.15, 0.2) is 65.6 Å². The van der Waals surface area contributed by atoms with Crippen molar-refractivity contribution >= 4 is 16.8 Å². The number of aryl methyl sites for hydroxylation is 1. The highest BCUT2D eigenvalue weighted by Crippen LogP contribution is 2.23. The Kier molecular flexibility index (Phi) is 5.90. The molecule has 7 nitrogen and oxygen atoms in total. The molecule has 0 fully saturated rings. The molecule has 0 spiro atoms. The Morgan fingerprint density at radius 1 is 1.03 bits per heavy atom. The van der Waals surface area contributed by atoms with Crippen LogP contribution in [0.2, 0.25) is 0 Å². The highest BCUT2D eigenvalue weighted by Gasteiger charge is 2.20. The smallest absolute Gasteiger partial charge is 0.293 e. The van der Waals surface area contributed by atoms with Gasteiger partial charge in [-0.2, -0.15) is 10.2 Å². The molecule has 0 saturated heterocycles. The normalized spacial score (nSPS) is 12.3. The largest absolute Gasteiger partial charge is 0.348 e. The molecule has 2 heterocycles. The predicted molar refractivity (Wildman–Crippen MR) is 125 cm³/mol. The van der Waals surface area contributed by atoms with Gasteiger partial charge < -0.3 is 5.32 Å². The second kappa shape index (κ2) is 8.78. The number of benzene rings is 2. The van der Waals surface area contributed by atoms with Crippen molar-refractivity contribution in [3.63, 3.8) is 0 Å². The van der Waals surface area contributed by atoms with Gasteiger partial charge in [0.05, 0.1) is 23.6 Å². The van der Waals surface area contributed by atoms with E-state index in [4.69, 9.17) is 0 Å². The van der Waals surface area contributed by atoms with Crippen LogP contribution in [-0.4, -0.2) is 25.5 Å². The van der Waals surface area contributed by atoms with Gasteiger partial charge in [0, 0.05) is 5.39 Å². The van der Waals surface area contributed by atoms with Crippen LogP contribution >= 0.6 is 0 Å². The minimum Gasteiger partial charge on any atom is -0.348 e. The molecule has 1 atom stereocenters. The maximum absolute atomic E-state index is 13.3. The van der Waals surface area contributed by atoms with Crippen molar-refractivity contribution in [2.45, 2.75) is 46.2 Å². The van der Waals surface area contributed by atoms with Crippen molar-refractivity contribution in [2.24, 2.45) is 0 Å². The molecule has 4 rings (SSSR count). The van der Waals surface area contributed by atoms with Gasteiger partial charge in [0.25, 0.3) is 5.56 Å². The van der Waals surface area contributed by atoms with E-state index in [0.29, 0.717) is 10.9 Å². The monoisotopic (exact) mass is 429 g/mol. The second-order valence-corrected chi connectivity index (χ2v) is 8.36. The fourth-order valence-electron chi connectivity index (χ4n) is 3.75. The van der Waals surface area contributed by atoms with Crippen molar-refractivity contribution in [2.75, 3.05) is 0 Å². The van der Waals surface area contributed by atoms with Crippen LogP contribution in [-0.2, 0) is 11.3 Å². The molecule has 0 saturated carbocycles. The van der Waals surface area contributed by atoms with Gasteiger partial charge >= 0.3 is 0 Å². The number of carbonyl (C=O) groups is 1. The summed E-state index contributed by atoms with van der Waals surface area (Å²) in [5, 5.41) is 12.7. The average Bonchev–Trinajstić information content (AvgIpc) is 3.22. The molecule has 4 aromatic rings. The van der Waals surface area contributed by atoms with Crippen molar-refractivity contribution in [3.05, 3.63) is 88.0 Å². The van der Waals surface area contributed by atoms with Crippen LogP contribution in [0.5, 0.6) is 0 Å². The lowest BCUT2D eigenvalue weighted by molar-refractivity contribution is -0.122. The van der Waals surface area contributed by atoms with Gasteiger partial charge in [0.2, 0.25) is 5.91 Å². The van der Waals surface area contributed by atoms with E-state index in [9.17, 15) is 9.59 Å². The highest BCUT2D eigenvalue weighted by molar-refractivity contribution is 5.82. The van der Waals surface area contributed by atoms with Crippen molar-refractivity contribution < 1.29 is 4.79 Å². The van der Waals surface area contributed by atoms with E-state index in [1.165, 1.54) is 4.68 Å². The van der Waals surface area contributed by atoms with Crippen molar-refractivity contribution in [1.29, 1.82) is 0 Å². The van der Waals surface area contributed by atoms with E-state index in [-0.39, 0.29) is 30.0 Å². The highest BCUT2D eigenvalue weighted by atomic mass is 16.2. The minimum atomic E-state index is -0.344. The standard InChI is InChI=1S/C25H27N5O2/c1-16(2)23-21-14-26-30(20-8-6-5-7-9-20)24(21)25(32)29(28-23)15-22(31)27-18(4)19-12-10-17(3)11-13-19/h5-14,16,18H,15H2,1-4H3,(H,27,31). The molecular weight excluding hydrogens is 402 g/mol. The molecule has 164 valence electrons. The summed E-state index contributed by atoms with van der Waals surface area (Å²) in [5.41, 5.74) is 3.76. The number of aromatic nitrogens is 4. The minimum absolute atomic E-state index is 0.0623. The third-order valence-corrected chi connectivity index (χ3v) is 5.51. The van der Waals surface area contributed by atoms with Crippen LogP contribution in [0.1, 0.15) is 49.6 Å². The SMILES string of the molecule is Cc1ccc(C(C)NC(=O)Cn2nc(C(C)C)c3cnn(-c4ccccc4)c3c2=O)cc1. The maximum atomic E-state index is 13.3. The summed E-state index contributed by atoms with van der Waals surface area (Å²) in [6, 6.07) is 17.3. The van der Waals surface area contributed by atoms with E-state index < -0.39 is 0 Å². The molecule has 32 heavy (non-hydrogen) atoms. The lowest BCUT2D eigenvalue weighted by Crippen LogP contribution is -2.36. The summed E-state index contributed by atoms with van der Waals surface area (Å²) >= 11 is 0. The Labute approximate surface area is 186 Å². The third kappa shape index (κ3) is 4.19. The summed E-state index contributed by atoms with van der Waals surface area (Å²) in [4.78, 5) is 26.1. The Hall–Kier alpha value is -3.74. The first-order valence-electron chi connectivity index (χ1n) is 10.7. The van der Waals surface area contributed by atoms with Crippen LogP contribution in [0, 0.1) is 6.92 Å². The Morgan fingerprint density at radius 2 is 1.72 bits per heavy atom. The molecule has 7 heteroatoms. The molecule has 2 aromatic heterocycles. The first-order valence-corrected chi connectivity index (χ1v) is 10.7. The van der Waals surface area contributed by atoms with E-state index in [1.807, 2.05) is 82.3 Å². The zero-order chi connectivity index (χ0) is 22.8. The molecular formula is C25H27N5O2. The molecule has 0 aliphatic carbocycles. The van der Waals surface area contributed by atoms with E-state index >= 15 is 0 Å². The first kappa shape index (κ1) is 21.5. The summed E-state index contributed by atoms with van der Waals surface area (Å²) in [5.74, 6) is -0.208. The molecule has 0 aliphatic rings. The fourth-order valence-corrected chi connectivity index (χ4v) is 3.75. The molecule has 1 unspecified atom stereocenters. The van der Waals surface area contributed by atoms with Gasteiger partial charge in [-0.1, -0.05) is 61.9 Å². The number of nitrogens with zero attached hydrogens (tertiary/aromatic N) is 4. The zero-order valence-corrected chi connectivity index (χ0v) is 18.7. The van der Waals surface area contributed by atoms with Crippen molar-refractivity contribution in [1.82, 2.24) is 24.9 Å². The van der Waals surface area contributed by atoms with E-state index in [1.54, 1.807) is 10.9 Å². The van der Waals surface area contributed by atoms with Gasteiger partial charge in [-0.15, -0.1) is 0 Å². The lowest BCUT2D eigenvalue weighted by atomic mass is 10.1. The van der Waals surface area contributed by atoms with Crippen LogP contribution < -0.4 is 10.9 Å². The molecule has 1 N–H and O–H groups in total. The number of nitrogens with one attached hydrogen (secondary N) is 1. The second-order valence-electron chi connectivity index (χ2n) is 8.36. The molecule has 0 bridgehead atoms. The first-order chi connectivity index (χ1) is 15.3. The summed E-state index contributed by atoms with van der Waals surface area (Å²) in [6.07, 6.45) is 1.68. The number of hydrogen-bond donors (Lipinski definition) is 1. The van der Waals surface area contributed by atoms with Gasteiger partial charge in [-0.3, -0.25) is 9.59 Å². The Bertz CT molecular complexity index is 1300. The van der Waals surface area contributed by atoms with Gasteiger partial charge in [-0.05, 0) is 37.5 Å². The fraction of sp³-hybridized carbons (Fsp3) is 0.280. The topological polar surface area (TPSA) is 81.8 Å². The van der Waals surface area contributed by atoms with Gasteiger partial charge in [-0.25, -0.2) is 9.36 Å². The number of carbonyl (C=O) groups excluding carboxylic acids is 1. The zero-order valence-electron chi connectivity index (χ0n) is 18.7. The van der Waals surface area contributed by atoms with Crippen LogP contribution in [0.3, 0.4) is 0 Å². The molecule has 0 radical (unpaired) electrons. The maximum Gasteiger partial charge on any atom is 0.293 e. The van der Waals surface area contributed by atoms with Gasteiger partial charge in [0.15, 0.2) is 0 Å². The predicted octanol–water partition coefficient (Wildman–Crippen LogP) is 3.89. The van der Waals surface area contributed by atoms with E-state index in [2.05, 4.69) is 15.5 Å². The van der Waals surface area contributed by atoms with Crippen LogP contribution in [0.4, 0.5) is 0 Å². The molecule has 0 aliphatic heterocycles. The van der Waals surface area contributed by atoms with Crippen molar-refractivity contribution in [3.8, 4) is 5.69 Å². The van der Waals surface area contributed by atoms with Crippen LogP contribution in [0.25, 0.3) is 16.6 Å². The molecule has 2 aromatic carbocycles. The van der Waals surface area contributed by atoms with E-state index in [0.717, 1.165) is 22.5 Å². The summed E-state index contributed by atoms with van der Waals surface area (Å²) in [6.45, 7) is 7.80. The third-order valence-electron chi connectivity index (χ3n) is 5.51. The number of amides is 1. The number of hydrogen-bond acceptors (Lipinski definition) is 4. The Balaban J connectivity index is 1.69. The number of fused-ring (bicyclic) bond motifs is 1. The molecule has 1 amide bonds.